The minimum atomic E-state index is -3.77. The average Bonchev–Trinajstić information content (AvgIpc) is 2.46. The minimum absolute atomic E-state index is 0.0470. The zero-order valence-electron chi connectivity index (χ0n) is 10.9. The van der Waals surface area contributed by atoms with E-state index in [-0.39, 0.29) is 23.0 Å². The van der Waals surface area contributed by atoms with Crippen molar-refractivity contribution in [2.24, 2.45) is 5.73 Å². The molecule has 0 fully saturated rings. The van der Waals surface area contributed by atoms with Crippen LogP contribution in [0.5, 0.6) is 0 Å². The Labute approximate surface area is 133 Å². The molecule has 5 nitrogen and oxygen atoms in total. The maximum absolute atomic E-state index is 12.3. The van der Waals surface area contributed by atoms with Crippen molar-refractivity contribution in [1.82, 2.24) is 9.71 Å². The third-order valence-corrected chi connectivity index (χ3v) is 5.00. The largest absolute Gasteiger partial charge is 0.326 e. The molecule has 0 aliphatic carbocycles. The first kappa shape index (κ1) is 16.2. The molecule has 1 aromatic heterocycles. The molecule has 0 bridgehead atoms. The van der Waals surface area contributed by atoms with E-state index in [9.17, 15) is 8.42 Å². The highest BCUT2D eigenvalue weighted by Gasteiger charge is 2.19. The molecule has 2 rings (SSSR count). The lowest BCUT2D eigenvalue weighted by Gasteiger charge is -2.10. The summed E-state index contributed by atoms with van der Waals surface area (Å²) >= 11 is 11.9. The van der Waals surface area contributed by atoms with Gasteiger partial charge in [0.15, 0.2) is 0 Å². The van der Waals surface area contributed by atoms with Crippen LogP contribution in [-0.4, -0.2) is 13.4 Å². The Kier molecular flexibility index (Phi) is 5.18. The van der Waals surface area contributed by atoms with Crippen LogP contribution in [0.15, 0.2) is 41.4 Å². The maximum atomic E-state index is 12.3. The number of rotatable bonds is 5. The summed E-state index contributed by atoms with van der Waals surface area (Å²) in [4.78, 5) is 3.99. The van der Waals surface area contributed by atoms with Gasteiger partial charge < -0.3 is 5.73 Å². The number of nitrogens with zero attached hydrogens (tertiary/aromatic N) is 1. The van der Waals surface area contributed by atoms with Crippen LogP contribution in [0.1, 0.15) is 11.3 Å². The highest BCUT2D eigenvalue weighted by Crippen LogP contribution is 2.28. The topological polar surface area (TPSA) is 85.1 Å². The molecule has 3 N–H and O–H groups in total. The normalized spacial score (nSPS) is 11.6. The fraction of sp³-hybridized carbons (Fsp3) is 0.154. The van der Waals surface area contributed by atoms with Crippen molar-refractivity contribution in [3.63, 3.8) is 0 Å². The molecular weight excluding hydrogens is 333 g/mol. The van der Waals surface area contributed by atoms with E-state index in [1.807, 2.05) is 0 Å². The van der Waals surface area contributed by atoms with Gasteiger partial charge in [-0.05, 0) is 29.8 Å². The molecule has 0 spiro atoms. The number of sulfonamides is 1. The molecule has 0 saturated heterocycles. The van der Waals surface area contributed by atoms with Crippen LogP contribution < -0.4 is 10.5 Å². The number of nitrogens with two attached hydrogens (primary N) is 1. The molecule has 0 unspecified atom stereocenters. The van der Waals surface area contributed by atoms with E-state index in [0.29, 0.717) is 16.3 Å². The van der Waals surface area contributed by atoms with Gasteiger partial charge in [0.2, 0.25) is 10.0 Å². The van der Waals surface area contributed by atoms with Crippen molar-refractivity contribution >= 4 is 33.2 Å². The molecule has 112 valence electrons. The number of aromatic nitrogens is 1. The van der Waals surface area contributed by atoms with Crippen molar-refractivity contribution in [2.45, 2.75) is 18.0 Å². The fourth-order valence-corrected chi connectivity index (χ4v) is 3.55. The highest BCUT2D eigenvalue weighted by atomic mass is 35.5. The van der Waals surface area contributed by atoms with E-state index >= 15 is 0 Å². The van der Waals surface area contributed by atoms with Crippen molar-refractivity contribution in [2.75, 3.05) is 0 Å². The molecule has 1 heterocycles. The van der Waals surface area contributed by atoms with Gasteiger partial charge in [-0.1, -0.05) is 29.3 Å². The number of halogens is 2. The van der Waals surface area contributed by atoms with E-state index in [0.717, 1.165) is 0 Å². The van der Waals surface area contributed by atoms with Gasteiger partial charge in [0.05, 0.1) is 17.3 Å². The van der Waals surface area contributed by atoms with E-state index < -0.39 is 10.0 Å². The van der Waals surface area contributed by atoms with Crippen LogP contribution >= 0.6 is 23.2 Å². The Morgan fingerprint density at radius 2 is 1.95 bits per heavy atom. The fourth-order valence-electron chi connectivity index (χ4n) is 1.68. The van der Waals surface area contributed by atoms with Crippen molar-refractivity contribution in [3.05, 3.63) is 57.8 Å². The lowest BCUT2D eigenvalue weighted by atomic mass is 10.2. The zero-order chi connectivity index (χ0) is 15.5. The molecule has 0 aliphatic heterocycles. The summed E-state index contributed by atoms with van der Waals surface area (Å²) in [5.74, 6) is 0. The van der Waals surface area contributed by atoms with Gasteiger partial charge in [0, 0.05) is 17.8 Å². The zero-order valence-corrected chi connectivity index (χ0v) is 13.2. The Morgan fingerprint density at radius 3 is 2.57 bits per heavy atom. The highest BCUT2D eigenvalue weighted by molar-refractivity contribution is 7.89. The van der Waals surface area contributed by atoms with Crippen molar-refractivity contribution in [1.29, 1.82) is 0 Å². The Bertz CT molecular complexity index is 737. The van der Waals surface area contributed by atoms with Crippen LogP contribution in [0, 0.1) is 0 Å². The van der Waals surface area contributed by atoms with Crippen LogP contribution in [0.2, 0.25) is 10.0 Å². The SMILES string of the molecule is NCc1cc(S(=O)(=O)NCc2ccccn2)c(Cl)cc1Cl. The molecule has 0 atom stereocenters. The van der Waals surface area contributed by atoms with Gasteiger partial charge in [-0.2, -0.15) is 0 Å². The molecule has 0 aliphatic rings. The maximum Gasteiger partial charge on any atom is 0.242 e. The second-order valence-electron chi connectivity index (χ2n) is 4.22. The Hall–Kier alpha value is -1.18. The first-order chi connectivity index (χ1) is 9.94. The summed E-state index contributed by atoms with van der Waals surface area (Å²) in [6.45, 7) is 0.193. The van der Waals surface area contributed by atoms with Crippen LogP contribution in [0.3, 0.4) is 0 Å². The summed E-state index contributed by atoms with van der Waals surface area (Å²) in [6, 6.07) is 8.00. The molecule has 0 radical (unpaired) electrons. The second-order valence-corrected chi connectivity index (χ2v) is 6.77. The van der Waals surface area contributed by atoms with Gasteiger partial charge in [-0.25, -0.2) is 13.1 Å². The van der Waals surface area contributed by atoms with E-state index in [4.69, 9.17) is 28.9 Å². The predicted octanol–water partition coefficient (Wildman–Crippen LogP) is 2.33. The standard InChI is InChI=1S/C13H13Cl2N3O2S/c14-11-6-12(15)13(5-9(11)7-16)21(19,20)18-8-10-3-1-2-4-17-10/h1-6,18H,7-8,16H2. The van der Waals surface area contributed by atoms with E-state index in [1.165, 1.54) is 12.1 Å². The van der Waals surface area contributed by atoms with Crippen LogP contribution in [-0.2, 0) is 23.1 Å². The quantitative estimate of drug-likeness (QED) is 0.870. The Morgan fingerprint density at radius 1 is 1.19 bits per heavy atom. The van der Waals surface area contributed by atoms with E-state index in [2.05, 4.69) is 9.71 Å². The van der Waals surface area contributed by atoms with Crippen LogP contribution in [0.4, 0.5) is 0 Å². The third kappa shape index (κ3) is 3.93. The summed E-state index contributed by atoms with van der Waals surface area (Å²) < 4.78 is 27.0. The molecule has 8 heteroatoms. The molecule has 2 aromatic rings. The average molecular weight is 346 g/mol. The lowest BCUT2D eigenvalue weighted by Crippen LogP contribution is -2.24. The smallest absolute Gasteiger partial charge is 0.242 e. The van der Waals surface area contributed by atoms with Gasteiger partial charge in [0.1, 0.15) is 4.90 Å². The number of pyridine rings is 1. The number of hydrogen-bond donors (Lipinski definition) is 2. The van der Waals surface area contributed by atoms with Gasteiger partial charge >= 0.3 is 0 Å². The predicted molar refractivity (Wildman–Crippen MR) is 82.6 cm³/mol. The van der Waals surface area contributed by atoms with E-state index in [1.54, 1.807) is 24.4 Å². The summed E-state index contributed by atoms with van der Waals surface area (Å²) in [5, 5.41) is 0.386. The molecule has 21 heavy (non-hydrogen) atoms. The van der Waals surface area contributed by atoms with Crippen molar-refractivity contribution in [3.8, 4) is 0 Å². The van der Waals surface area contributed by atoms with Gasteiger partial charge in [-0.15, -0.1) is 0 Å². The Balaban J connectivity index is 2.27. The number of benzene rings is 1. The molecule has 0 saturated carbocycles. The summed E-state index contributed by atoms with van der Waals surface area (Å²) in [5.41, 5.74) is 6.64. The molecule has 1 aromatic carbocycles. The first-order valence-electron chi connectivity index (χ1n) is 6.01. The first-order valence-corrected chi connectivity index (χ1v) is 8.25. The monoisotopic (exact) mass is 345 g/mol. The van der Waals surface area contributed by atoms with Gasteiger partial charge in [0.25, 0.3) is 0 Å². The third-order valence-electron chi connectivity index (χ3n) is 2.78. The minimum Gasteiger partial charge on any atom is -0.326 e. The second kappa shape index (κ2) is 6.72. The lowest BCUT2D eigenvalue weighted by molar-refractivity contribution is 0.580. The summed E-state index contributed by atoms with van der Waals surface area (Å²) in [6.07, 6.45) is 1.59. The van der Waals surface area contributed by atoms with Gasteiger partial charge in [-0.3, -0.25) is 4.98 Å². The number of hydrogen-bond acceptors (Lipinski definition) is 4. The molecule has 0 amide bonds. The number of nitrogens with one attached hydrogen (secondary N) is 1. The summed E-state index contributed by atoms with van der Waals surface area (Å²) in [7, 11) is -3.77. The van der Waals surface area contributed by atoms with Crippen LogP contribution in [0.25, 0.3) is 0 Å². The molecular formula is C13H13Cl2N3O2S. The van der Waals surface area contributed by atoms with Crippen molar-refractivity contribution < 1.29 is 8.42 Å².